The van der Waals surface area contributed by atoms with Gasteiger partial charge in [-0.15, -0.1) is 0 Å². The number of hydrogen-bond donors (Lipinski definition) is 1. The Balaban J connectivity index is 1.34. The Morgan fingerprint density at radius 2 is 2.04 bits per heavy atom. The number of aliphatic imine (C=N–C) groups is 1. The Labute approximate surface area is 164 Å². The highest BCUT2D eigenvalue weighted by Crippen LogP contribution is 2.24. The summed E-state index contributed by atoms with van der Waals surface area (Å²) in [4.78, 5) is 29.4. The molecule has 7 heteroatoms. The number of amides is 2. The van der Waals surface area contributed by atoms with Crippen LogP contribution < -0.4 is 10.1 Å². The second-order valence-electron chi connectivity index (χ2n) is 6.66. The van der Waals surface area contributed by atoms with Gasteiger partial charge in [0.1, 0.15) is 11.6 Å². The summed E-state index contributed by atoms with van der Waals surface area (Å²) in [6.07, 6.45) is 8.84. The number of thioether (sulfide) groups is 1. The number of nitrogens with one attached hydrogen (secondary N) is 1. The number of carbonyl (C=O) groups is 2. The minimum Gasteiger partial charge on any atom is -0.494 e. The van der Waals surface area contributed by atoms with E-state index in [0.717, 1.165) is 61.1 Å². The number of rotatable bonds is 9. The molecular formula is C20H25N3O3S. The molecule has 2 heterocycles. The lowest BCUT2D eigenvalue weighted by Crippen LogP contribution is -2.25. The SMILES string of the molecule is CN(CCCCOc1ccc(CC2SC(=O)NC2=O)cc1)C1=CCCC=N1. The Hall–Kier alpha value is -2.28. The van der Waals surface area contributed by atoms with Crippen LogP contribution in [0.25, 0.3) is 0 Å². The Morgan fingerprint density at radius 1 is 1.22 bits per heavy atom. The van der Waals surface area contributed by atoms with E-state index in [1.807, 2.05) is 30.5 Å². The van der Waals surface area contributed by atoms with Gasteiger partial charge in [0.05, 0.1) is 11.9 Å². The average molecular weight is 388 g/mol. The van der Waals surface area contributed by atoms with Crippen molar-refractivity contribution in [3.8, 4) is 5.75 Å². The molecule has 1 saturated heterocycles. The number of nitrogens with zero attached hydrogens (tertiary/aromatic N) is 2. The first-order valence-corrected chi connectivity index (χ1v) is 10.2. The van der Waals surface area contributed by atoms with Gasteiger partial charge < -0.3 is 9.64 Å². The summed E-state index contributed by atoms with van der Waals surface area (Å²) in [5.74, 6) is 1.69. The topological polar surface area (TPSA) is 71.0 Å². The summed E-state index contributed by atoms with van der Waals surface area (Å²) in [5.41, 5.74) is 1.02. The largest absolute Gasteiger partial charge is 0.494 e. The maximum Gasteiger partial charge on any atom is 0.286 e. The van der Waals surface area contributed by atoms with E-state index in [1.165, 1.54) is 0 Å². The Bertz CT molecular complexity index is 730. The van der Waals surface area contributed by atoms with E-state index in [4.69, 9.17) is 4.74 Å². The van der Waals surface area contributed by atoms with Gasteiger partial charge in [-0.2, -0.15) is 0 Å². The number of benzene rings is 1. The van der Waals surface area contributed by atoms with Crippen molar-refractivity contribution in [3.63, 3.8) is 0 Å². The second kappa shape index (κ2) is 9.60. The molecule has 144 valence electrons. The van der Waals surface area contributed by atoms with Crippen molar-refractivity contribution in [2.75, 3.05) is 20.2 Å². The van der Waals surface area contributed by atoms with Gasteiger partial charge in [0.15, 0.2) is 0 Å². The lowest BCUT2D eigenvalue weighted by atomic mass is 10.1. The van der Waals surface area contributed by atoms with Gasteiger partial charge in [0.2, 0.25) is 5.91 Å². The van der Waals surface area contributed by atoms with E-state index in [-0.39, 0.29) is 16.4 Å². The van der Waals surface area contributed by atoms with Crippen LogP contribution >= 0.6 is 11.8 Å². The fourth-order valence-corrected chi connectivity index (χ4v) is 3.83. The maximum atomic E-state index is 11.6. The second-order valence-corrected chi connectivity index (χ2v) is 7.84. The molecule has 1 aromatic carbocycles. The van der Waals surface area contributed by atoms with Gasteiger partial charge in [-0.1, -0.05) is 23.9 Å². The third-order valence-corrected chi connectivity index (χ3v) is 5.49. The van der Waals surface area contributed by atoms with Gasteiger partial charge in [-0.3, -0.25) is 14.9 Å². The molecule has 1 atom stereocenters. The minimum atomic E-state index is -0.329. The van der Waals surface area contributed by atoms with Crippen LogP contribution in [0.5, 0.6) is 5.75 Å². The summed E-state index contributed by atoms with van der Waals surface area (Å²) in [6.45, 7) is 1.64. The zero-order chi connectivity index (χ0) is 19.1. The van der Waals surface area contributed by atoms with Crippen molar-refractivity contribution in [2.45, 2.75) is 37.4 Å². The van der Waals surface area contributed by atoms with E-state index in [1.54, 1.807) is 0 Å². The van der Waals surface area contributed by atoms with E-state index in [9.17, 15) is 9.59 Å². The highest BCUT2D eigenvalue weighted by atomic mass is 32.2. The highest BCUT2D eigenvalue weighted by Gasteiger charge is 2.31. The standard InChI is InChI=1S/C20H25N3O3S/c1-23(18-6-2-3-11-21-18)12-4-5-13-26-16-9-7-15(8-10-16)14-17-19(24)22-20(25)27-17/h6-11,17H,2-5,12-14H2,1H3,(H,22,24,25). The molecule has 27 heavy (non-hydrogen) atoms. The summed E-state index contributed by atoms with van der Waals surface area (Å²) in [6, 6.07) is 7.74. The molecule has 2 aliphatic rings. The van der Waals surface area contributed by atoms with Crippen LogP contribution in [0.2, 0.25) is 0 Å². The van der Waals surface area contributed by atoms with Gasteiger partial charge in [0.25, 0.3) is 5.24 Å². The lowest BCUT2D eigenvalue weighted by Gasteiger charge is -2.21. The molecule has 2 aliphatic heterocycles. The molecule has 2 amide bonds. The molecule has 1 unspecified atom stereocenters. The van der Waals surface area contributed by atoms with E-state index in [0.29, 0.717) is 13.0 Å². The Kier molecular flexibility index (Phi) is 6.92. The first-order chi connectivity index (χ1) is 13.1. The number of hydrogen-bond acceptors (Lipinski definition) is 6. The van der Waals surface area contributed by atoms with Gasteiger partial charge in [0, 0.05) is 19.8 Å². The van der Waals surface area contributed by atoms with E-state index < -0.39 is 0 Å². The third kappa shape index (κ3) is 5.85. The number of unbranched alkanes of at least 4 members (excludes halogenated alkanes) is 1. The fourth-order valence-electron chi connectivity index (χ4n) is 2.97. The molecule has 3 rings (SSSR count). The molecule has 0 aliphatic carbocycles. The third-order valence-electron chi connectivity index (χ3n) is 4.51. The molecule has 1 aromatic rings. The zero-order valence-corrected chi connectivity index (χ0v) is 16.3. The summed E-state index contributed by atoms with van der Waals surface area (Å²) in [7, 11) is 2.07. The van der Waals surface area contributed by atoms with Crippen molar-refractivity contribution < 1.29 is 14.3 Å². The van der Waals surface area contributed by atoms with Crippen molar-refractivity contribution in [3.05, 3.63) is 41.7 Å². The van der Waals surface area contributed by atoms with Crippen LogP contribution in [0, 0.1) is 0 Å². The monoisotopic (exact) mass is 387 g/mol. The quantitative estimate of drug-likeness (QED) is 0.658. The van der Waals surface area contributed by atoms with Crippen molar-refractivity contribution >= 4 is 29.1 Å². The molecule has 0 radical (unpaired) electrons. The predicted molar refractivity (Wildman–Crippen MR) is 108 cm³/mol. The molecule has 0 aromatic heterocycles. The summed E-state index contributed by atoms with van der Waals surface area (Å²) in [5, 5.41) is 1.72. The molecule has 0 bridgehead atoms. The lowest BCUT2D eigenvalue weighted by molar-refractivity contribution is -0.118. The fraction of sp³-hybridized carbons (Fsp3) is 0.450. The first kappa shape index (κ1) is 19.5. The highest BCUT2D eigenvalue weighted by molar-refractivity contribution is 8.15. The minimum absolute atomic E-state index is 0.204. The molecule has 1 N–H and O–H groups in total. The van der Waals surface area contributed by atoms with Gasteiger partial charge >= 0.3 is 0 Å². The summed E-state index contributed by atoms with van der Waals surface area (Å²) < 4.78 is 5.80. The number of ether oxygens (including phenoxy) is 1. The molecule has 0 spiro atoms. The van der Waals surface area contributed by atoms with Crippen LogP contribution in [0.1, 0.15) is 31.2 Å². The van der Waals surface area contributed by atoms with Crippen LogP contribution in [0.3, 0.4) is 0 Å². The van der Waals surface area contributed by atoms with Crippen LogP contribution in [-0.2, 0) is 11.2 Å². The van der Waals surface area contributed by atoms with E-state index in [2.05, 4.69) is 28.3 Å². The van der Waals surface area contributed by atoms with Crippen molar-refractivity contribution in [1.82, 2.24) is 10.2 Å². The van der Waals surface area contributed by atoms with Crippen LogP contribution in [0.15, 0.2) is 41.2 Å². The van der Waals surface area contributed by atoms with Crippen molar-refractivity contribution in [2.24, 2.45) is 4.99 Å². The Morgan fingerprint density at radius 3 is 2.70 bits per heavy atom. The number of carbonyl (C=O) groups excluding carboxylic acids is 2. The number of allylic oxidation sites excluding steroid dienone is 1. The first-order valence-electron chi connectivity index (χ1n) is 9.29. The van der Waals surface area contributed by atoms with E-state index >= 15 is 0 Å². The molecule has 6 nitrogen and oxygen atoms in total. The van der Waals surface area contributed by atoms with Crippen molar-refractivity contribution in [1.29, 1.82) is 0 Å². The molecule has 1 fully saturated rings. The molecule has 0 saturated carbocycles. The van der Waals surface area contributed by atoms with Crippen LogP contribution in [-0.4, -0.2) is 47.7 Å². The maximum absolute atomic E-state index is 11.6. The molecular weight excluding hydrogens is 362 g/mol. The predicted octanol–water partition coefficient (Wildman–Crippen LogP) is 3.38. The average Bonchev–Trinajstić information content (AvgIpc) is 3.00. The van der Waals surface area contributed by atoms with Gasteiger partial charge in [-0.25, -0.2) is 4.99 Å². The van der Waals surface area contributed by atoms with Crippen LogP contribution in [0.4, 0.5) is 4.79 Å². The summed E-state index contributed by atoms with van der Waals surface area (Å²) >= 11 is 1.06. The zero-order valence-electron chi connectivity index (χ0n) is 15.5. The van der Waals surface area contributed by atoms with Gasteiger partial charge in [-0.05, 0) is 55.9 Å². The smallest absolute Gasteiger partial charge is 0.286 e. The number of imide groups is 1. The normalized spacial score (nSPS) is 19.0.